The minimum absolute atomic E-state index is 0.0691. The smallest absolute Gasteiger partial charge is 0.423 e. The molecule has 2 saturated heterocycles. The molecule has 1 aromatic rings. The lowest BCUT2D eigenvalue weighted by Gasteiger charge is -2.53. The third-order valence-electron chi connectivity index (χ3n) is 5.32. The number of carbonyl (C=O) groups is 3. The van der Waals surface area contributed by atoms with Gasteiger partial charge in [0.05, 0.1) is 28.1 Å². The first-order valence-corrected chi connectivity index (χ1v) is 13.2. The summed E-state index contributed by atoms with van der Waals surface area (Å²) < 4.78 is 39.2. The zero-order valence-corrected chi connectivity index (χ0v) is 20.6. The summed E-state index contributed by atoms with van der Waals surface area (Å²) in [5.41, 5.74) is 0.414. The van der Waals surface area contributed by atoms with E-state index >= 15 is 0 Å². The van der Waals surface area contributed by atoms with E-state index in [1.165, 1.54) is 28.5 Å². The van der Waals surface area contributed by atoms with Gasteiger partial charge in [0.15, 0.2) is 12.4 Å². The van der Waals surface area contributed by atoms with Crippen molar-refractivity contribution in [2.24, 2.45) is 0 Å². The third-order valence-corrected chi connectivity index (χ3v) is 6.50. The lowest BCUT2D eigenvalue weighted by atomic mass is 9.96. The number of rotatable bonds is 6. The van der Waals surface area contributed by atoms with E-state index in [-0.39, 0.29) is 31.2 Å². The van der Waals surface area contributed by atoms with Gasteiger partial charge in [-0.2, -0.15) is 0 Å². The number of hydrogen-bond donors (Lipinski definition) is 0. The fourth-order valence-electron chi connectivity index (χ4n) is 4.00. The summed E-state index contributed by atoms with van der Waals surface area (Å²) in [5.74, 6) is -0.406. The van der Waals surface area contributed by atoms with E-state index in [1.807, 2.05) is 11.0 Å². The molecule has 0 N–H and O–H groups in total. The van der Waals surface area contributed by atoms with Crippen LogP contribution < -0.4 is 4.57 Å². The van der Waals surface area contributed by atoms with Crippen LogP contribution in [0, 0.1) is 0 Å². The van der Waals surface area contributed by atoms with Crippen LogP contribution in [-0.2, 0) is 24.4 Å². The molecule has 188 valence electrons. The molecule has 2 fully saturated rings. The molecule has 3 atom stereocenters. The second kappa shape index (κ2) is 11.2. The first-order chi connectivity index (χ1) is 16.6. The van der Waals surface area contributed by atoms with Crippen molar-refractivity contribution < 1.29 is 41.4 Å². The first-order valence-electron chi connectivity index (χ1n) is 10.4. The topological polar surface area (TPSA) is 137 Å². The molecule has 0 spiro atoms. The van der Waals surface area contributed by atoms with Gasteiger partial charge in [-0.3, -0.25) is 9.80 Å². The van der Waals surface area contributed by atoms with E-state index in [0.29, 0.717) is 24.3 Å². The van der Waals surface area contributed by atoms with Crippen LogP contribution in [0.2, 0.25) is 0 Å². The van der Waals surface area contributed by atoms with Crippen molar-refractivity contribution in [1.29, 1.82) is 0 Å². The fourth-order valence-corrected chi connectivity index (χ4v) is 5.39. The molecule has 0 aromatic carbocycles. The third kappa shape index (κ3) is 5.99. The Morgan fingerprint density at radius 3 is 2.37 bits per heavy atom. The highest BCUT2D eigenvalue weighted by molar-refractivity contribution is 8.03. The van der Waals surface area contributed by atoms with Crippen molar-refractivity contribution in [3.8, 4) is 0 Å². The average Bonchev–Trinajstić information content (AvgIpc) is 3.10. The predicted molar refractivity (Wildman–Crippen MR) is 125 cm³/mol. The molecule has 3 aliphatic rings. The average molecular weight is 524 g/mol. The fraction of sp³-hybridized carbons (Fsp3) is 0.364. The Hall–Kier alpha value is -3.00. The van der Waals surface area contributed by atoms with Crippen LogP contribution in [0.15, 0.2) is 66.4 Å². The molecular weight excluding hydrogens is 498 g/mol. The normalized spacial score (nSPS) is 22.7. The summed E-state index contributed by atoms with van der Waals surface area (Å²) in [5, 5.41) is 0. The molecule has 35 heavy (non-hydrogen) atoms. The Morgan fingerprint density at radius 2 is 1.77 bits per heavy atom. The Morgan fingerprint density at radius 1 is 1.17 bits per heavy atom. The van der Waals surface area contributed by atoms with Gasteiger partial charge in [0, 0.05) is 29.8 Å². The van der Waals surface area contributed by atoms with Crippen LogP contribution in [0.5, 0.6) is 0 Å². The van der Waals surface area contributed by atoms with Crippen LogP contribution in [0.1, 0.15) is 4.79 Å². The van der Waals surface area contributed by atoms with E-state index in [0.717, 1.165) is 4.91 Å². The Bertz CT molecular complexity index is 1140. The van der Waals surface area contributed by atoms with Crippen LogP contribution in [0.4, 0.5) is 4.79 Å². The highest BCUT2D eigenvalue weighted by Gasteiger charge is 2.62. The van der Waals surface area contributed by atoms with E-state index in [9.17, 15) is 14.4 Å². The molecule has 13 heteroatoms. The van der Waals surface area contributed by atoms with E-state index in [4.69, 9.17) is 22.4 Å². The standard InChI is InChI=1S/C21H22N3O5S.CH4O3S/c1-3-10-28-20(26)17-15(19(25)22-8-6-5-7-9-22)18-16-14(12-23(16)17)24(13-30-18)21(27)29-11-4-2;1-5(2,3)4/h3-9,14,16-17H,1-2,10-13H2;1H3,(H,2,3,4)/q+1;/p-1/t14-,16-,17?;/m0./s1. The van der Waals surface area contributed by atoms with Gasteiger partial charge in [-0.05, 0) is 0 Å². The van der Waals surface area contributed by atoms with E-state index in [1.54, 1.807) is 29.4 Å². The second-order valence-corrected chi connectivity index (χ2v) is 10.1. The van der Waals surface area contributed by atoms with Crippen molar-refractivity contribution in [2.75, 3.05) is 31.9 Å². The maximum absolute atomic E-state index is 13.3. The van der Waals surface area contributed by atoms with Gasteiger partial charge in [-0.1, -0.05) is 31.4 Å². The Kier molecular flexibility index (Phi) is 8.48. The molecule has 0 bridgehead atoms. The number of pyridine rings is 1. The zero-order valence-electron chi connectivity index (χ0n) is 18.9. The number of amides is 1. The van der Waals surface area contributed by atoms with Gasteiger partial charge in [0.25, 0.3) is 0 Å². The molecule has 0 saturated carbocycles. The van der Waals surface area contributed by atoms with Crippen molar-refractivity contribution >= 4 is 39.8 Å². The molecule has 1 aromatic heterocycles. The van der Waals surface area contributed by atoms with Crippen molar-refractivity contribution in [3.05, 3.63) is 66.4 Å². The summed E-state index contributed by atoms with van der Waals surface area (Å²) in [6.07, 6.45) is 6.50. The maximum Gasteiger partial charge on any atom is 0.423 e. The monoisotopic (exact) mass is 523 g/mol. The zero-order chi connectivity index (χ0) is 25.8. The van der Waals surface area contributed by atoms with Crippen LogP contribution in [0.3, 0.4) is 0 Å². The number of nitrogens with zero attached hydrogens (tertiary/aromatic N) is 3. The molecule has 4 rings (SSSR count). The molecule has 4 heterocycles. The minimum atomic E-state index is -3.92. The summed E-state index contributed by atoms with van der Waals surface area (Å²) in [4.78, 5) is 43.0. The number of aromatic nitrogens is 1. The Labute approximate surface area is 207 Å². The van der Waals surface area contributed by atoms with Gasteiger partial charge in [0.2, 0.25) is 0 Å². The molecule has 0 radical (unpaired) electrons. The number of esters is 1. The van der Waals surface area contributed by atoms with E-state index < -0.39 is 28.2 Å². The minimum Gasteiger partial charge on any atom is -0.748 e. The number of hydrogen-bond acceptors (Lipinski definition) is 10. The number of carbonyl (C=O) groups excluding carboxylic acids is 3. The lowest BCUT2D eigenvalue weighted by Crippen LogP contribution is -2.70. The molecule has 3 aliphatic heterocycles. The molecular formula is C22H25N3O8S2. The van der Waals surface area contributed by atoms with Gasteiger partial charge < -0.3 is 14.0 Å². The quantitative estimate of drug-likeness (QED) is 0.225. The van der Waals surface area contributed by atoms with Gasteiger partial charge in [-0.15, -0.1) is 16.3 Å². The number of ether oxygens (including phenoxy) is 2. The Balaban J connectivity index is 0.000000623. The second-order valence-electron chi connectivity index (χ2n) is 7.71. The van der Waals surface area contributed by atoms with Gasteiger partial charge in [-0.25, -0.2) is 22.8 Å². The largest absolute Gasteiger partial charge is 0.748 e. The SMILES string of the molecule is C=CCOC(=O)C1C(C(=O)[n+]2ccccc2)=C2SCN(C(=O)OCC=C)[C@H]3CN1[C@H]23.CS(=O)(=O)[O-]. The molecule has 1 amide bonds. The lowest BCUT2D eigenvalue weighted by molar-refractivity contribution is -0.571. The van der Waals surface area contributed by atoms with Crippen molar-refractivity contribution in [3.63, 3.8) is 0 Å². The van der Waals surface area contributed by atoms with Crippen LogP contribution in [-0.4, -0.2) is 90.8 Å². The van der Waals surface area contributed by atoms with E-state index in [2.05, 4.69) is 13.2 Å². The number of thioether (sulfide) groups is 1. The van der Waals surface area contributed by atoms with Gasteiger partial charge >= 0.3 is 18.0 Å². The van der Waals surface area contributed by atoms with Crippen LogP contribution in [0.25, 0.3) is 0 Å². The summed E-state index contributed by atoms with van der Waals surface area (Å²) >= 11 is 1.39. The maximum atomic E-state index is 13.3. The highest BCUT2D eigenvalue weighted by Crippen LogP contribution is 2.50. The van der Waals surface area contributed by atoms with Gasteiger partial charge in [0.1, 0.15) is 24.8 Å². The predicted octanol–water partition coefficient (Wildman–Crippen LogP) is 0.523. The van der Waals surface area contributed by atoms with Crippen molar-refractivity contribution in [1.82, 2.24) is 9.80 Å². The summed E-state index contributed by atoms with van der Waals surface area (Å²) in [6.45, 7) is 7.79. The summed E-state index contributed by atoms with van der Waals surface area (Å²) in [7, 11) is -3.92. The highest BCUT2D eigenvalue weighted by atomic mass is 32.2. The van der Waals surface area contributed by atoms with Crippen molar-refractivity contribution in [2.45, 2.75) is 18.1 Å². The molecule has 1 unspecified atom stereocenters. The van der Waals surface area contributed by atoms with Crippen LogP contribution >= 0.6 is 11.8 Å². The first kappa shape index (κ1) is 26.6. The molecule has 11 nitrogen and oxygen atoms in total. The summed E-state index contributed by atoms with van der Waals surface area (Å²) in [6, 6.07) is 4.15. The molecule has 0 aliphatic carbocycles.